The molecule has 2 N–H and O–H groups in total. The third kappa shape index (κ3) is 7.35. The van der Waals surface area contributed by atoms with Gasteiger partial charge in [0.2, 0.25) is 0 Å². The monoisotopic (exact) mass is 336 g/mol. The fourth-order valence-corrected chi connectivity index (χ4v) is 2.20. The van der Waals surface area contributed by atoms with E-state index in [0.29, 0.717) is 12.8 Å². The lowest BCUT2D eigenvalue weighted by atomic mass is 10.1. The maximum Gasteiger partial charge on any atom is 0.410 e. The zero-order chi connectivity index (χ0) is 18.2. The second-order valence-corrected chi connectivity index (χ2v) is 6.73. The van der Waals surface area contributed by atoms with E-state index in [4.69, 9.17) is 4.74 Å². The summed E-state index contributed by atoms with van der Waals surface area (Å²) in [6.45, 7) is 6.02. The van der Waals surface area contributed by atoms with Crippen LogP contribution in [-0.4, -0.2) is 47.3 Å². The molecule has 1 atom stereocenters. The second kappa shape index (κ2) is 9.15. The number of anilines is 1. The van der Waals surface area contributed by atoms with Gasteiger partial charge in [0.1, 0.15) is 11.6 Å². The van der Waals surface area contributed by atoms with Crippen LogP contribution < -0.4 is 5.32 Å². The maximum atomic E-state index is 12.0. The lowest BCUT2D eigenvalue weighted by molar-refractivity contribution is -0.142. The normalized spacial score (nSPS) is 12.3. The van der Waals surface area contributed by atoms with Gasteiger partial charge >= 0.3 is 12.1 Å². The SMILES string of the molecule is CN(C(=O)OC(C)(C)C)[C@@H](CCCCNc1ccccc1)C(=O)O. The van der Waals surface area contributed by atoms with Crippen molar-refractivity contribution in [3.8, 4) is 0 Å². The van der Waals surface area contributed by atoms with Crippen LogP contribution in [0.15, 0.2) is 30.3 Å². The summed E-state index contributed by atoms with van der Waals surface area (Å²) in [4.78, 5) is 24.6. The van der Waals surface area contributed by atoms with Crippen LogP contribution in [0.25, 0.3) is 0 Å². The minimum absolute atomic E-state index is 0.390. The van der Waals surface area contributed by atoms with Crippen molar-refractivity contribution in [1.82, 2.24) is 4.90 Å². The smallest absolute Gasteiger partial charge is 0.410 e. The summed E-state index contributed by atoms with van der Waals surface area (Å²) < 4.78 is 5.23. The van der Waals surface area contributed by atoms with Crippen molar-refractivity contribution < 1.29 is 19.4 Å². The molecule has 0 aromatic heterocycles. The van der Waals surface area contributed by atoms with E-state index in [0.717, 1.165) is 23.6 Å². The van der Waals surface area contributed by atoms with Crippen LogP contribution in [0.2, 0.25) is 0 Å². The number of aliphatic carboxylic acids is 1. The molecule has 24 heavy (non-hydrogen) atoms. The number of hydrogen-bond donors (Lipinski definition) is 2. The van der Waals surface area contributed by atoms with E-state index in [9.17, 15) is 14.7 Å². The number of nitrogens with one attached hydrogen (secondary N) is 1. The first-order valence-electron chi connectivity index (χ1n) is 8.18. The summed E-state index contributed by atoms with van der Waals surface area (Å²) in [6, 6.07) is 8.95. The summed E-state index contributed by atoms with van der Waals surface area (Å²) >= 11 is 0. The van der Waals surface area contributed by atoms with Gasteiger partial charge in [0.25, 0.3) is 0 Å². The molecular weight excluding hydrogens is 308 g/mol. The Hall–Kier alpha value is -2.24. The van der Waals surface area contributed by atoms with Crippen molar-refractivity contribution in [1.29, 1.82) is 0 Å². The highest BCUT2D eigenvalue weighted by Gasteiger charge is 2.29. The van der Waals surface area contributed by atoms with E-state index in [-0.39, 0.29) is 0 Å². The fourth-order valence-electron chi connectivity index (χ4n) is 2.20. The number of carbonyl (C=O) groups excluding carboxylic acids is 1. The van der Waals surface area contributed by atoms with Gasteiger partial charge in [-0.2, -0.15) is 0 Å². The van der Waals surface area contributed by atoms with Gasteiger partial charge in [-0.1, -0.05) is 18.2 Å². The van der Waals surface area contributed by atoms with Gasteiger partial charge in [-0.05, 0) is 52.2 Å². The van der Waals surface area contributed by atoms with Crippen molar-refractivity contribution in [3.05, 3.63) is 30.3 Å². The predicted octanol–water partition coefficient (Wildman–Crippen LogP) is 3.59. The number of carboxylic acids is 1. The quantitative estimate of drug-likeness (QED) is 0.709. The molecule has 0 aliphatic rings. The Morgan fingerprint density at radius 3 is 2.38 bits per heavy atom. The average Bonchev–Trinajstić information content (AvgIpc) is 2.49. The molecule has 6 nitrogen and oxygen atoms in total. The molecule has 1 aromatic rings. The molecule has 0 radical (unpaired) electrons. The highest BCUT2D eigenvalue weighted by atomic mass is 16.6. The third-order valence-corrected chi connectivity index (χ3v) is 3.44. The molecule has 0 fully saturated rings. The van der Waals surface area contributed by atoms with Gasteiger partial charge in [0.15, 0.2) is 0 Å². The van der Waals surface area contributed by atoms with E-state index in [1.807, 2.05) is 30.3 Å². The molecule has 0 bridgehead atoms. The Labute approximate surface area is 143 Å². The minimum Gasteiger partial charge on any atom is -0.480 e. The van der Waals surface area contributed by atoms with Crippen LogP contribution in [0.1, 0.15) is 40.0 Å². The van der Waals surface area contributed by atoms with E-state index < -0.39 is 23.7 Å². The molecule has 134 valence electrons. The van der Waals surface area contributed by atoms with Crippen molar-refractivity contribution in [2.75, 3.05) is 18.9 Å². The zero-order valence-corrected chi connectivity index (χ0v) is 14.9. The first-order chi connectivity index (χ1) is 11.2. The van der Waals surface area contributed by atoms with Crippen LogP contribution in [0.4, 0.5) is 10.5 Å². The lowest BCUT2D eigenvalue weighted by Crippen LogP contribution is -2.44. The number of benzene rings is 1. The Balaban J connectivity index is 2.40. The second-order valence-electron chi connectivity index (χ2n) is 6.73. The van der Waals surface area contributed by atoms with Crippen LogP contribution in [0.3, 0.4) is 0 Å². The Morgan fingerprint density at radius 1 is 1.21 bits per heavy atom. The molecule has 1 aromatic carbocycles. The highest BCUT2D eigenvalue weighted by molar-refractivity contribution is 5.79. The van der Waals surface area contributed by atoms with Gasteiger partial charge in [0, 0.05) is 19.3 Å². The van der Waals surface area contributed by atoms with Crippen molar-refractivity contribution in [3.63, 3.8) is 0 Å². The Morgan fingerprint density at radius 2 is 1.83 bits per heavy atom. The van der Waals surface area contributed by atoms with Crippen LogP contribution in [0.5, 0.6) is 0 Å². The minimum atomic E-state index is -1.01. The molecule has 0 heterocycles. The van der Waals surface area contributed by atoms with Crippen molar-refractivity contribution in [2.45, 2.75) is 51.7 Å². The summed E-state index contributed by atoms with van der Waals surface area (Å²) in [5, 5.41) is 12.6. The average molecular weight is 336 g/mol. The standard InChI is InChI=1S/C18H28N2O4/c1-18(2,3)24-17(23)20(4)15(16(21)22)12-8-9-13-19-14-10-6-5-7-11-14/h5-7,10-11,15,19H,8-9,12-13H2,1-4H3,(H,21,22)/t15-/m0/s1. The molecule has 0 unspecified atom stereocenters. The topological polar surface area (TPSA) is 78.9 Å². The Bertz CT molecular complexity index is 526. The highest BCUT2D eigenvalue weighted by Crippen LogP contribution is 2.14. The summed E-state index contributed by atoms with van der Waals surface area (Å²) in [5.74, 6) is -1.01. The number of nitrogens with zero attached hydrogens (tertiary/aromatic N) is 1. The van der Waals surface area contributed by atoms with E-state index >= 15 is 0 Å². The van der Waals surface area contributed by atoms with Gasteiger partial charge in [-0.25, -0.2) is 9.59 Å². The molecule has 1 amide bonds. The number of ether oxygens (including phenoxy) is 1. The maximum absolute atomic E-state index is 12.0. The van der Waals surface area contributed by atoms with Gasteiger partial charge < -0.3 is 15.2 Å². The largest absolute Gasteiger partial charge is 0.480 e. The molecule has 0 aliphatic heterocycles. The van der Waals surface area contributed by atoms with Gasteiger partial charge in [0.05, 0.1) is 0 Å². The predicted molar refractivity (Wildman–Crippen MR) is 94.2 cm³/mol. The Kier molecular flexibility index (Phi) is 7.55. The summed E-state index contributed by atoms with van der Waals surface area (Å²) in [6.07, 6.45) is 1.30. The molecular formula is C18H28N2O4. The number of likely N-dealkylation sites (N-methyl/N-ethyl adjacent to an activating group) is 1. The number of rotatable bonds is 8. The molecule has 6 heteroatoms. The third-order valence-electron chi connectivity index (χ3n) is 3.44. The van der Waals surface area contributed by atoms with Crippen LogP contribution >= 0.6 is 0 Å². The number of amides is 1. The van der Waals surface area contributed by atoms with E-state index in [1.54, 1.807) is 20.8 Å². The van der Waals surface area contributed by atoms with Gasteiger partial charge in [-0.15, -0.1) is 0 Å². The van der Waals surface area contributed by atoms with Crippen molar-refractivity contribution >= 4 is 17.7 Å². The van der Waals surface area contributed by atoms with Crippen LogP contribution in [0, 0.1) is 0 Å². The summed E-state index contributed by atoms with van der Waals surface area (Å²) in [7, 11) is 1.47. The van der Waals surface area contributed by atoms with E-state index in [1.165, 1.54) is 7.05 Å². The van der Waals surface area contributed by atoms with Crippen LogP contribution in [-0.2, 0) is 9.53 Å². The number of carbonyl (C=O) groups is 2. The number of carboxylic acid groups (broad SMARTS) is 1. The number of para-hydroxylation sites is 1. The molecule has 0 saturated heterocycles. The molecule has 1 rings (SSSR count). The lowest BCUT2D eigenvalue weighted by Gasteiger charge is -2.28. The summed E-state index contributed by atoms with van der Waals surface area (Å²) in [5.41, 5.74) is 0.395. The van der Waals surface area contributed by atoms with E-state index in [2.05, 4.69) is 5.32 Å². The fraction of sp³-hybridized carbons (Fsp3) is 0.556. The number of unbranched alkanes of at least 4 members (excludes halogenated alkanes) is 1. The molecule has 0 saturated carbocycles. The molecule has 0 aliphatic carbocycles. The van der Waals surface area contributed by atoms with Crippen molar-refractivity contribution in [2.24, 2.45) is 0 Å². The first kappa shape index (κ1) is 19.8. The van der Waals surface area contributed by atoms with Gasteiger partial charge in [-0.3, -0.25) is 4.90 Å². The molecule has 0 spiro atoms. The number of hydrogen-bond acceptors (Lipinski definition) is 4. The zero-order valence-electron chi connectivity index (χ0n) is 14.9. The first-order valence-corrected chi connectivity index (χ1v) is 8.18.